The summed E-state index contributed by atoms with van der Waals surface area (Å²) in [5.41, 5.74) is 4.11. The predicted molar refractivity (Wildman–Crippen MR) is 112 cm³/mol. The summed E-state index contributed by atoms with van der Waals surface area (Å²) in [5, 5.41) is 4.51. The normalized spacial score (nSPS) is 11.3. The van der Waals surface area contributed by atoms with Crippen LogP contribution in [0.2, 0.25) is 0 Å². The largest absolute Gasteiger partial charge is 0.493 e. The Labute approximate surface area is 171 Å². The van der Waals surface area contributed by atoms with Gasteiger partial charge in [-0.3, -0.25) is 9.40 Å². The Morgan fingerprint density at radius 1 is 0.966 bits per heavy atom. The van der Waals surface area contributed by atoms with Crippen LogP contribution in [-0.4, -0.2) is 32.4 Å². The van der Waals surface area contributed by atoms with E-state index in [2.05, 4.69) is 9.82 Å². The minimum atomic E-state index is -3.82. The smallest absolute Gasteiger partial charge is 0.262 e. The molecular formula is C21H25N3O4S. The van der Waals surface area contributed by atoms with Crippen molar-refractivity contribution in [2.75, 3.05) is 18.9 Å². The zero-order chi connectivity index (χ0) is 21.2. The first-order valence-corrected chi connectivity index (χ1v) is 10.6. The van der Waals surface area contributed by atoms with Gasteiger partial charge in [-0.25, -0.2) is 8.42 Å². The van der Waals surface area contributed by atoms with Crippen molar-refractivity contribution >= 4 is 15.7 Å². The van der Waals surface area contributed by atoms with Crippen molar-refractivity contribution in [3.8, 4) is 11.5 Å². The van der Waals surface area contributed by atoms with E-state index in [1.807, 2.05) is 38.1 Å². The van der Waals surface area contributed by atoms with Gasteiger partial charge in [0, 0.05) is 6.07 Å². The van der Waals surface area contributed by atoms with E-state index < -0.39 is 10.0 Å². The molecule has 0 saturated carbocycles. The number of rotatable bonds is 7. The number of benzene rings is 2. The molecule has 2 aromatic carbocycles. The molecule has 0 spiro atoms. The van der Waals surface area contributed by atoms with Crippen molar-refractivity contribution in [1.29, 1.82) is 0 Å². The lowest BCUT2D eigenvalue weighted by Crippen LogP contribution is -2.14. The van der Waals surface area contributed by atoms with E-state index in [4.69, 9.17) is 9.47 Å². The van der Waals surface area contributed by atoms with E-state index in [9.17, 15) is 8.42 Å². The lowest BCUT2D eigenvalue weighted by Gasteiger charge is -2.12. The van der Waals surface area contributed by atoms with E-state index in [1.165, 1.54) is 31.9 Å². The summed E-state index contributed by atoms with van der Waals surface area (Å²) in [6.07, 6.45) is 0. The molecule has 1 heterocycles. The van der Waals surface area contributed by atoms with Gasteiger partial charge in [0.15, 0.2) is 11.5 Å². The molecule has 0 amide bonds. The van der Waals surface area contributed by atoms with Gasteiger partial charge in [0.05, 0.1) is 42.7 Å². The quantitative estimate of drug-likeness (QED) is 0.637. The van der Waals surface area contributed by atoms with Crippen LogP contribution < -0.4 is 14.2 Å². The van der Waals surface area contributed by atoms with Crippen LogP contribution in [0.4, 0.5) is 5.69 Å². The number of methoxy groups -OCH3 is 2. The molecule has 0 radical (unpaired) electrons. The van der Waals surface area contributed by atoms with Crippen LogP contribution in [-0.2, 0) is 16.6 Å². The van der Waals surface area contributed by atoms with E-state index in [0.717, 1.165) is 11.3 Å². The lowest BCUT2D eigenvalue weighted by atomic mass is 10.1. The fourth-order valence-corrected chi connectivity index (χ4v) is 4.23. The molecular weight excluding hydrogens is 390 g/mol. The van der Waals surface area contributed by atoms with Crippen molar-refractivity contribution < 1.29 is 17.9 Å². The van der Waals surface area contributed by atoms with Crippen LogP contribution in [0.15, 0.2) is 47.4 Å². The first-order chi connectivity index (χ1) is 13.7. The number of sulfonamides is 1. The third kappa shape index (κ3) is 4.37. The molecule has 0 aliphatic heterocycles. The molecule has 0 aliphatic rings. The molecule has 0 saturated heterocycles. The molecule has 0 fully saturated rings. The number of nitrogens with one attached hydrogen (secondary N) is 1. The summed E-state index contributed by atoms with van der Waals surface area (Å²) in [5.74, 6) is 0.809. The van der Waals surface area contributed by atoms with Gasteiger partial charge < -0.3 is 9.47 Å². The summed E-state index contributed by atoms with van der Waals surface area (Å²) in [7, 11) is -0.857. The molecule has 0 aliphatic carbocycles. The van der Waals surface area contributed by atoms with Crippen LogP contribution in [0.5, 0.6) is 11.5 Å². The van der Waals surface area contributed by atoms with Crippen molar-refractivity contribution in [2.45, 2.75) is 32.2 Å². The van der Waals surface area contributed by atoms with E-state index in [1.54, 1.807) is 17.7 Å². The maximum Gasteiger partial charge on any atom is 0.262 e. The van der Waals surface area contributed by atoms with Crippen LogP contribution in [0, 0.1) is 20.8 Å². The van der Waals surface area contributed by atoms with Gasteiger partial charge in [-0.15, -0.1) is 0 Å². The maximum atomic E-state index is 12.9. The standard InChI is InChI=1S/C21H25N3O4S/c1-14-6-8-17(9-7-14)13-24-16(3)21(15(2)22-24)23-29(25,26)18-10-11-19(27-4)20(12-18)28-5/h6-12,23H,13H2,1-5H3. The van der Waals surface area contributed by atoms with Crippen molar-refractivity contribution in [3.05, 3.63) is 65.0 Å². The molecule has 3 aromatic rings. The van der Waals surface area contributed by atoms with E-state index >= 15 is 0 Å². The Morgan fingerprint density at radius 2 is 1.62 bits per heavy atom. The summed E-state index contributed by atoms with van der Waals surface area (Å²) in [6, 6.07) is 12.6. The van der Waals surface area contributed by atoms with Crippen molar-refractivity contribution in [1.82, 2.24) is 9.78 Å². The second kappa shape index (κ2) is 8.16. The Morgan fingerprint density at radius 3 is 2.24 bits per heavy atom. The van der Waals surface area contributed by atoms with Crippen molar-refractivity contribution in [3.63, 3.8) is 0 Å². The van der Waals surface area contributed by atoms with Crippen LogP contribution in [0.1, 0.15) is 22.5 Å². The summed E-state index contributed by atoms with van der Waals surface area (Å²) in [4.78, 5) is 0.0836. The first kappa shape index (κ1) is 20.7. The van der Waals surface area contributed by atoms with Gasteiger partial charge in [-0.05, 0) is 38.5 Å². The Kier molecular flexibility index (Phi) is 5.83. The fourth-order valence-electron chi connectivity index (χ4n) is 3.04. The molecule has 0 bridgehead atoms. The molecule has 1 N–H and O–H groups in total. The molecule has 7 nitrogen and oxygen atoms in total. The average Bonchev–Trinajstić information content (AvgIpc) is 2.96. The minimum absolute atomic E-state index is 0.0836. The van der Waals surface area contributed by atoms with Crippen LogP contribution >= 0.6 is 0 Å². The Balaban J connectivity index is 1.89. The Bertz CT molecular complexity index is 1120. The molecule has 154 valence electrons. The number of aromatic nitrogens is 2. The van der Waals surface area contributed by atoms with Gasteiger partial charge in [0.25, 0.3) is 10.0 Å². The highest BCUT2D eigenvalue weighted by molar-refractivity contribution is 7.92. The summed E-state index contributed by atoms with van der Waals surface area (Å²) in [6.45, 7) is 6.23. The monoisotopic (exact) mass is 415 g/mol. The molecule has 0 atom stereocenters. The number of nitrogens with zero attached hydrogens (tertiary/aromatic N) is 2. The zero-order valence-electron chi connectivity index (χ0n) is 17.2. The van der Waals surface area contributed by atoms with Gasteiger partial charge in [0.1, 0.15) is 0 Å². The fraction of sp³-hybridized carbons (Fsp3) is 0.286. The second-order valence-electron chi connectivity index (χ2n) is 6.81. The van der Waals surface area contributed by atoms with Gasteiger partial charge in [0.2, 0.25) is 0 Å². The highest BCUT2D eigenvalue weighted by atomic mass is 32.2. The number of anilines is 1. The third-order valence-corrected chi connectivity index (χ3v) is 6.08. The Hall–Kier alpha value is -3.00. The average molecular weight is 416 g/mol. The van der Waals surface area contributed by atoms with Crippen LogP contribution in [0.3, 0.4) is 0 Å². The highest BCUT2D eigenvalue weighted by Gasteiger charge is 2.21. The third-order valence-electron chi connectivity index (χ3n) is 4.74. The maximum absolute atomic E-state index is 12.9. The van der Waals surface area contributed by atoms with Crippen LogP contribution in [0.25, 0.3) is 0 Å². The molecule has 8 heteroatoms. The highest BCUT2D eigenvalue weighted by Crippen LogP contribution is 2.31. The minimum Gasteiger partial charge on any atom is -0.493 e. The molecule has 29 heavy (non-hydrogen) atoms. The number of ether oxygens (including phenoxy) is 2. The predicted octanol–water partition coefficient (Wildman–Crippen LogP) is 3.67. The van der Waals surface area contributed by atoms with Gasteiger partial charge >= 0.3 is 0 Å². The SMILES string of the molecule is COc1ccc(S(=O)(=O)Nc2c(C)nn(Cc3ccc(C)cc3)c2C)cc1OC. The topological polar surface area (TPSA) is 82.5 Å². The van der Waals surface area contributed by atoms with E-state index in [0.29, 0.717) is 29.4 Å². The molecule has 3 rings (SSSR count). The summed E-state index contributed by atoms with van der Waals surface area (Å²) < 4.78 is 40.7. The zero-order valence-corrected chi connectivity index (χ0v) is 18.0. The number of hydrogen-bond acceptors (Lipinski definition) is 5. The van der Waals surface area contributed by atoms with Gasteiger partial charge in [-0.1, -0.05) is 29.8 Å². The second-order valence-corrected chi connectivity index (χ2v) is 8.49. The number of hydrogen-bond donors (Lipinski definition) is 1. The summed E-state index contributed by atoms with van der Waals surface area (Å²) >= 11 is 0. The van der Waals surface area contributed by atoms with E-state index in [-0.39, 0.29) is 4.90 Å². The number of aryl methyl sites for hydroxylation is 2. The lowest BCUT2D eigenvalue weighted by molar-refractivity contribution is 0.354. The molecule has 0 unspecified atom stereocenters. The first-order valence-electron chi connectivity index (χ1n) is 9.09. The molecule has 1 aromatic heterocycles. The van der Waals surface area contributed by atoms with Gasteiger partial charge in [-0.2, -0.15) is 5.10 Å². The van der Waals surface area contributed by atoms with Crippen molar-refractivity contribution in [2.24, 2.45) is 0 Å².